The molecule has 1 aliphatic rings. The summed E-state index contributed by atoms with van der Waals surface area (Å²) >= 11 is 0. The van der Waals surface area contributed by atoms with Gasteiger partial charge in [0.25, 0.3) is 0 Å². The van der Waals surface area contributed by atoms with Crippen LogP contribution in [0.25, 0.3) is 0 Å². The van der Waals surface area contributed by atoms with Gasteiger partial charge in [0.15, 0.2) is 6.29 Å². The third-order valence-corrected chi connectivity index (χ3v) is 1.78. The molecule has 1 rings (SSSR count). The molecular weight excluding hydrogens is 190 g/mol. The van der Waals surface area contributed by atoms with Gasteiger partial charge >= 0.3 is 0 Å². The van der Waals surface area contributed by atoms with E-state index in [1.165, 1.54) is 13.0 Å². The molecule has 6 heteroatoms. The van der Waals surface area contributed by atoms with Crippen LogP contribution >= 0.6 is 0 Å². The third kappa shape index (κ3) is 2.52. The molecule has 0 aromatic carbocycles. The van der Waals surface area contributed by atoms with Crippen LogP contribution in [-0.4, -0.2) is 46.3 Å². The van der Waals surface area contributed by atoms with Crippen molar-refractivity contribution in [3.63, 3.8) is 0 Å². The molecule has 6 nitrogen and oxygen atoms in total. The Morgan fingerprint density at radius 3 is 2.93 bits per heavy atom. The van der Waals surface area contributed by atoms with Gasteiger partial charge in [-0.15, -0.1) is 0 Å². The molecule has 14 heavy (non-hydrogen) atoms. The Labute approximate surface area is 80.8 Å². The van der Waals surface area contributed by atoms with Gasteiger partial charge in [0.2, 0.25) is 5.91 Å². The van der Waals surface area contributed by atoms with Crippen LogP contribution in [0.3, 0.4) is 0 Å². The van der Waals surface area contributed by atoms with Gasteiger partial charge in [0, 0.05) is 6.92 Å². The zero-order valence-corrected chi connectivity index (χ0v) is 7.67. The number of nitrogens with one attached hydrogen (secondary N) is 1. The molecule has 0 bridgehead atoms. The normalized spacial score (nSPS) is 28.4. The molecule has 3 atom stereocenters. The van der Waals surface area contributed by atoms with Gasteiger partial charge in [-0.1, -0.05) is 0 Å². The van der Waals surface area contributed by atoms with E-state index in [-0.39, 0.29) is 11.6 Å². The number of hydrogen-bond donors (Lipinski definition) is 4. The van der Waals surface area contributed by atoms with Crippen molar-refractivity contribution in [2.24, 2.45) is 0 Å². The number of carbonyl (C=O) groups excluding carboxylic acids is 1. The highest BCUT2D eigenvalue weighted by Gasteiger charge is 2.30. The lowest BCUT2D eigenvalue weighted by atomic mass is 10.2. The predicted molar refractivity (Wildman–Crippen MR) is 45.9 cm³/mol. The molecule has 0 fully saturated rings. The first-order valence-corrected chi connectivity index (χ1v) is 4.16. The van der Waals surface area contributed by atoms with E-state index in [0.29, 0.717) is 0 Å². The molecule has 1 heterocycles. The summed E-state index contributed by atoms with van der Waals surface area (Å²) in [5, 5.41) is 29.4. The Morgan fingerprint density at radius 1 is 1.79 bits per heavy atom. The van der Waals surface area contributed by atoms with Crippen molar-refractivity contribution in [3.05, 3.63) is 11.8 Å². The van der Waals surface area contributed by atoms with Crippen molar-refractivity contribution < 1.29 is 24.9 Å². The number of aliphatic hydroxyl groups excluding tert-OH is 3. The predicted octanol–water partition coefficient (Wildman–Crippen LogP) is -1.92. The smallest absolute Gasteiger partial charge is 0.221 e. The average molecular weight is 203 g/mol. The maximum Gasteiger partial charge on any atom is 0.221 e. The van der Waals surface area contributed by atoms with Crippen LogP contribution in [0, 0.1) is 0 Å². The van der Waals surface area contributed by atoms with Gasteiger partial charge in [-0.05, 0) is 6.08 Å². The van der Waals surface area contributed by atoms with Crippen LogP contribution < -0.4 is 5.32 Å². The maximum atomic E-state index is 10.7. The second-order valence-electron chi connectivity index (χ2n) is 3.01. The monoisotopic (exact) mass is 203 g/mol. The lowest BCUT2D eigenvalue weighted by Crippen LogP contribution is -2.30. The van der Waals surface area contributed by atoms with Gasteiger partial charge in [-0.2, -0.15) is 0 Å². The van der Waals surface area contributed by atoms with E-state index in [1.807, 2.05) is 0 Å². The topological polar surface area (TPSA) is 99.0 Å². The largest absolute Gasteiger partial charge is 0.394 e. The van der Waals surface area contributed by atoms with Gasteiger partial charge in [-0.25, -0.2) is 0 Å². The van der Waals surface area contributed by atoms with Gasteiger partial charge in [-0.3, -0.25) is 4.79 Å². The molecule has 4 N–H and O–H groups in total. The van der Waals surface area contributed by atoms with E-state index < -0.39 is 25.1 Å². The summed E-state index contributed by atoms with van der Waals surface area (Å²) in [6, 6.07) is 0. The average Bonchev–Trinajstić information content (AvgIpc) is 2.46. The Balaban J connectivity index is 2.62. The minimum Gasteiger partial charge on any atom is -0.394 e. The van der Waals surface area contributed by atoms with Crippen LogP contribution in [0.4, 0.5) is 0 Å². The summed E-state index contributed by atoms with van der Waals surface area (Å²) in [7, 11) is 0. The lowest BCUT2D eigenvalue weighted by Gasteiger charge is -2.14. The summed E-state index contributed by atoms with van der Waals surface area (Å²) in [5.74, 6) is -0.335. The number of amides is 1. The number of ether oxygens (including phenoxy) is 1. The summed E-state index contributed by atoms with van der Waals surface area (Å²) in [6.07, 6.45) is -1.79. The van der Waals surface area contributed by atoms with Crippen molar-refractivity contribution in [1.29, 1.82) is 0 Å². The van der Waals surface area contributed by atoms with Crippen LogP contribution in [0.15, 0.2) is 11.8 Å². The minimum atomic E-state index is -1.26. The van der Waals surface area contributed by atoms with Gasteiger partial charge in [0.05, 0.1) is 12.3 Å². The van der Waals surface area contributed by atoms with Crippen molar-refractivity contribution in [1.82, 2.24) is 5.32 Å². The van der Waals surface area contributed by atoms with Gasteiger partial charge < -0.3 is 25.4 Å². The lowest BCUT2D eigenvalue weighted by molar-refractivity contribution is -0.127. The Kier molecular flexibility index (Phi) is 3.59. The van der Waals surface area contributed by atoms with Gasteiger partial charge in [0.1, 0.15) is 12.2 Å². The molecule has 2 unspecified atom stereocenters. The van der Waals surface area contributed by atoms with E-state index >= 15 is 0 Å². The molecule has 0 aromatic heterocycles. The number of aliphatic hydroxyl groups is 3. The maximum absolute atomic E-state index is 10.7. The fourth-order valence-electron chi connectivity index (χ4n) is 1.13. The summed E-state index contributed by atoms with van der Waals surface area (Å²) in [5.41, 5.74) is 0.190. The highest BCUT2D eigenvalue weighted by molar-refractivity contribution is 5.75. The fraction of sp³-hybridized carbons (Fsp3) is 0.625. The van der Waals surface area contributed by atoms with Crippen molar-refractivity contribution >= 4 is 5.91 Å². The Morgan fingerprint density at radius 2 is 2.43 bits per heavy atom. The SMILES string of the molecule is CC(=O)NC1=C[C@@H](C(O)CO)OC1O. The number of hydrogen-bond acceptors (Lipinski definition) is 5. The summed E-state index contributed by atoms with van der Waals surface area (Å²) in [4.78, 5) is 10.7. The first kappa shape index (κ1) is 11.1. The van der Waals surface area contributed by atoms with E-state index in [9.17, 15) is 15.0 Å². The van der Waals surface area contributed by atoms with Crippen molar-refractivity contribution in [2.45, 2.75) is 25.4 Å². The molecular formula is C8H13NO5. The molecule has 80 valence electrons. The second kappa shape index (κ2) is 4.52. The molecule has 0 aromatic rings. The van der Waals surface area contributed by atoms with Crippen LogP contribution in [0.1, 0.15) is 6.92 Å². The molecule has 0 spiro atoms. The van der Waals surface area contributed by atoms with Crippen LogP contribution in [0.2, 0.25) is 0 Å². The standard InChI is InChI=1S/C8H13NO5/c1-4(11)9-5-2-7(6(12)3-10)14-8(5)13/h2,6-8,10,12-13H,3H2,1H3,(H,9,11)/t6?,7-,8?/m0/s1. The highest BCUT2D eigenvalue weighted by Crippen LogP contribution is 2.18. The first-order valence-electron chi connectivity index (χ1n) is 4.16. The van der Waals surface area contributed by atoms with Crippen molar-refractivity contribution in [3.8, 4) is 0 Å². The molecule has 1 amide bonds. The second-order valence-corrected chi connectivity index (χ2v) is 3.01. The third-order valence-electron chi connectivity index (χ3n) is 1.78. The molecule has 0 radical (unpaired) electrons. The Bertz CT molecular complexity index is 252. The molecule has 0 aliphatic carbocycles. The highest BCUT2D eigenvalue weighted by atomic mass is 16.6. The first-order chi connectivity index (χ1) is 6.54. The van der Waals surface area contributed by atoms with Crippen molar-refractivity contribution in [2.75, 3.05) is 6.61 Å². The van der Waals surface area contributed by atoms with Crippen LogP contribution in [-0.2, 0) is 9.53 Å². The number of rotatable bonds is 3. The quantitative estimate of drug-likeness (QED) is 0.428. The summed E-state index contributed by atoms with van der Waals surface area (Å²) < 4.78 is 4.87. The summed E-state index contributed by atoms with van der Waals surface area (Å²) in [6.45, 7) is 0.824. The van der Waals surface area contributed by atoms with E-state index in [1.54, 1.807) is 0 Å². The van der Waals surface area contributed by atoms with E-state index in [2.05, 4.69) is 5.32 Å². The Hall–Kier alpha value is -0.950. The fourth-order valence-corrected chi connectivity index (χ4v) is 1.13. The number of carbonyl (C=O) groups is 1. The molecule has 0 saturated carbocycles. The minimum absolute atomic E-state index is 0.190. The molecule has 1 aliphatic heterocycles. The zero-order chi connectivity index (χ0) is 10.7. The van der Waals surface area contributed by atoms with E-state index in [4.69, 9.17) is 9.84 Å². The van der Waals surface area contributed by atoms with E-state index in [0.717, 1.165) is 0 Å². The van der Waals surface area contributed by atoms with Crippen LogP contribution in [0.5, 0.6) is 0 Å². The zero-order valence-electron chi connectivity index (χ0n) is 7.67. The molecule has 0 saturated heterocycles.